The molecule has 0 aliphatic rings. The molecular weight excluding hydrogens is 292 g/mol. The van der Waals surface area contributed by atoms with E-state index < -0.39 is 5.97 Å². The zero-order valence-corrected chi connectivity index (χ0v) is 13.5. The van der Waals surface area contributed by atoms with Crippen LogP contribution < -0.4 is 9.47 Å². The van der Waals surface area contributed by atoms with E-state index >= 15 is 0 Å². The molecule has 0 bridgehead atoms. The van der Waals surface area contributed by atoms with Crippen molar-refractivity contribution in [1.29, 1.82) is 0 Å². The molecule has 23 heavy (non-hydrogen) atoms. The first-order valence-corrected chi connectivity index (χ1v) is 7.69. The quantitative estimate of drug-likeness (QED) is 0.753. The number of rotatable bonds is 8. The van der Waals surface area contributed by atoms with Crippen LogP contribution in [0.5, 0.6) is 11.5 Å². The van der Waals surface area contributed by atoms with Gasteiger partial charge in [-0.3, -0.25) is 4.79 Å². The second-order valence-corrected chi connectivity index (χ2v) is 5.44. The topological polar surface area (TPSA) is 55.8 Å². The molecule has 1 N–H and O–H groups in total. The summed E-state index contributed by atoms with van der Waals surface area (Å²) in [5, 5.41) is 8.79. The van der Waals surface area contributed by atoms with Crippen molar-refractivity contribution in [3.63, 3.8) is 0 Å². The Morgan fingerprint density at radius 3 is 2.48 bits per heavy atom. The van der Waals surface area contributed by atoms with Gasteiger partial charge < -0.3 is 14.6 Å². The van der Waals surface area contributed by atoms with Crippen molar-refractivity contribution in [3.8, 4) is 11.5 Å². The predicted molar refractivity (Wildman–Crippen MR) is 89.3 cm³/mol. The second kappa shape index (κ2) is 8.22. The van der Waals surface area contributed by atoms with Crippen molar-refractivity contribution in [1.82, 2.24) is 0 Å². The average Bonchev–Trinajstić information content (AvgIpc) is 2.53. The molecule has 122 valence electrons. The number of benzene rings is 2. The molecule has 0 aliphatic carbocycles. The number of ether oxygens (including phenoxy) is 2. The highest BCUT2D eigenvalue weighted by Gasteiger charge is 2.06. The highest BCUT2D eigenvalue weighted by molar-refractivity contribution is 5.67. The minimum absolute atomic E-state index is 0.0967. The first-order valence-electron chi connectivity index (χ1n) is 7.69. The largest absolute Gasteiger partial charge is 0.490 e. The Hall–Kier alpha value is -2.49. The lowest BCUT2D eigenvalue weighted by molar-refractivity contribution is -0.136. The number of carboxylic acid groups (broad SMARTS) is 1. The van der Waals surface area contributed by atoms with Crippen LogP contribution in [0.4, 0.5) is 0 Å². The van der Waals surface area contributed by atoms with E-state index in [1.54, 1.807) is 0 Å². The molecule has 0 saturated carbocycles. The molecule has 0 saturated heterocycles. The minimum atomic E-state index is -0.808. The second-order valence-electron chi connectivity index (χ2n) is 5.44. The highest BCUT2D eigenvalue weighted by Crippen LogP contribution is 2.20. The molecule has 0 heterocycles. The summed E-state index contributed by atoms with van der Waals surface area (Å²) >= 11 is 0. The van der Waals surface area contributed by atoms with E-state index in [9.17, 15) is 4.79 Å². The first kappa shape index (κ1) is 16.9. The molecule has 4 heteroatoms. The summed E-state index contributed by atoms with van der Waals surface area (Å²) in [5.41, 5.74) is 3.34. The first-order chi connectivity index (χ1) is 11.1. The molecule has 0 aromatic heterocycles. The number of hydrogen-bond donors (Lipinski definition) is 1. The van der Waals surface area contributed by atoms with Gasteiger partial charge in [-0.1, -0.05) is 24.3 Å². The summed E-state index contributed by atoms with van der Waals surface area (Å²) in [7, 11) is 0. The Bertz CT molecular complexity index is 664. The van der Waals surface area contributed by atoms with Gasteiger partial charge in [0.05, 0.1) is 0 Å². The van der Waals surface area contributed by atoms with Gasteiger partial charge in [0.15, 0.2) is 0 Å². The summed E-state index contributed by atoms with van der Waals surface area (Å²) in [4.78, 5) is 10.7. The van der Waals surface area contributed by atoms with Crippen LogP contribution in [0.2, 0.25) is 0 Å². The standard InChI is InChI=1S/C19H22O4/c1-14-7-9-17(13-15(14)2)22-11-12-23-18-6-4-3-5-16(18)8-10-19(20)21/h3-7,9,13H,8,10-12H2,1-2H3,(H,20,21). The van der Waals surface area contributed by atoms with Crippen molar-refractivity contribution in [2.24, 2.45) is 0 Å². The summed E-state index contributed by atoms with van der Waals surface area (Å²) < 4.78 is 11.4. The van der Waals surface area contributed by atoms with Crippen LogP contribution in [0.25, 0.3) is 0 Å². The Balaban J connectivity index is 1.84. The monoisotopic (exact) mass is 314 g/mol. The van der Waals surface area contributed by atoms with Crippen molar-refractivity contribution >= 4 is 5.97 Å². The van der Waals surface area contributed by atoms with Crippen LogP contribution in [0.15, 0.2) is 42.5 Å². The smallest absolute Gasteiger partial charge is 0.303 e. The van der Waals surface area contributed by atoms with Gasteiger partial charge in [-0.2, -0.15) is 0 Å². The van der Waals surface area contributed by atoms with Crippen LogP contribution in [-0.2, 0) is 11.2 Å². The maximum absolute atomic E-state index is 10.7. The SMILES string of the molecule is Cc1ccc(OCCOc2ccccc2CCC(=O)O)cc1C. The van der Waals surface area contributed by atoms with Crippen molar-refractivity contribution < 1.29 is 19.4 Å². The molecule has 4 nitrogen and oxygen atoms in total. The molecule has 0 aliphatic heterocycles. The van der Waals surface area contributed by atoms with E-state index in [1.807, 2.05) is 42.5 Å². The number of aryl methyl sites for hydroxylation is 3. The van der Waals surface area contributed by atoms with E-state index in [4.69, 9.17) is 14.6 Å². The van der Waals surface area contributed by atoms with Crippen LogP contribution >= 0.6 is 0 Å². The fourth-order valence-corrected chi connectivity index (χ4v) is 2.21. The highest BCUT2D eigenvalue weighted by atomic mass is 16.5. The van der Waals surface area contributed by atoms with Crippen molar-refractivity contribution in [3.05, 3.63) is 59.2 Å². The van der Waals surface area contributed by atoms with E-state index in [0.29, 0.717) is 19.6 Å². The molecular formula is C19H22O4. The third kappa shape index (κ3) is 5.33. The number of carbonyl (C=O) groups is 1. The molecule has 2 rings (SSSR count). The molecule has 0 atom stereocenters. The van der Waals surface area contributed by atoms with Gasteiger partial charge in [0.2, 0.25) is 0 Å². The van der Waals surface area contributed by atoms with Crippen LogP contribution in [-0.4, -0.2) is 24.3 Å². The molecule has 0 fully saturated rings. The molecule has 2 aromatic rings. The fraction of sp³-hybridized carbons (Fsp3) is 0.316. The Morgan fingerprint density at radius 2 is 1.74 bits per heavy atom. The third-order valence-corrected chi connectivity index (χ3v) is 3.67. The average molecular weight is 314 g/mol. The number of aliphatic carboxylic acids is 1. The van der Waals surface area contributed by atoms with Gasteiger partial charge in [-0.05, 0) is 55.2 Å². The van der Waals surface area contributed by atoms with Crippen LogP contribution in [0.3, 0.4) is 0 Å². The molecule has 0 amide bonds. The van der Waals surface area contributed by atoms with Crippen LogP contribution in [0.1, 0.15) is 23.1 Å². The number of carboxylic acids is 1. The van der Waals surface area contributed by atoms with Gasteiger partial charge in [0, 0.05) is 6.42 Å². The maximum atomic E-state index is 10.7. The number of hydrogen-bond acceptors (Lipinski definition) is 3. The zero-order chi connectivity index (χ0) is 16.7. The maximum Gasteiger partial charge on any atom is 0.303 e. The van der Waals surface area contributed by atoms with Gasteiger partial charge >= 0.3 is 5.97 Å². The summed E-state index contributed by atoms with van der Waals surface area (Å²) in [6.07, 6.45) is 0.559. The van der Waals surface area contributed by atoms with E-state index in [2.05, 4.69) is 13.8 Å². The summed E-state index contributed by atoms with van der Waals surface area (Å²) in [6.45, 7) is 4.97. The van der Waals surface area contributed by atoms with E-state index in [0.717, 1.165) is 17.1 Å². The fourth-order valence-electron chi connectivity index (χ4n) is 2.21. The molecule has 2 aromatic carbocycles. The lowest BCUT2D eigenvalue weighted by Gasteiger charge is -2.12. The van der Waals surface area contributed by atoms with E-state index in [-0.39, 0.29) is 6.42 Å². The molecule has 0 unspecified atom stereocenters. The van der Waals surface area contributed by atoms with Gasteiger partial charge in [-0.15, -0.1) is 0 Å². The Labute approximate surface area is 136 Å². The normalized spacial score (nSPS) is 10.3. The zero-order valence-electron chi connectivity index (χ0n) is 13.5. The Morgan fingerprint density at radius 1 is 1.00 bits per heavy atom. The summed E-state index contributed by atoms with van der Waals surface area (Å²) in [5.74, 6) is 0.742. The molecule has 0 spiro atoms. The lowest BCUT2D eigenvalue weighted by Crippen LogP contribution is -2.10. The summed E-state index contributed by atoms with van der Waals surface area (Å²) in [6, 6.07) is 13.5. The van der Waals surface area contributed by atoms with Gasteiger partial charge in [0.25, 0.3) is 0 Å². The van der Waals surface area contributed by atoms with E-state index in [1.165, 1.54) is 11.1 Å². The van der Waals surface area contributed by atoms with Crippen LogP contribution in [0, 0.1) is 13.8 Å². The van der Waals surface area contributed by atoms with Crippen molar-refractivity contribution in [2.45, 2.75) is 26.7 Å². The van der Waals surface area contributed by atoms with Crippen molar-refractivity contribution in [2.75, 3.05) is 13.2 Å². The minimum Gasteiger partial charge on any atom is -0.490 e. The number of para-hydroxylation sites is 1. The predicted octanol–water partition coefficient (Wildman–Crippen LogP) is 3.78. The van der Waals surface area contributed by atoms with Gasteiger partial charge in [-0.25, -0.2) is 0 Å². The lowest BCUT2D eigenvalue weighted by atomic mass is 10.1. The third-order valence-electron chi connectivity index (χ3n) is 3.67. The molecule has 0 radical (unpaired) electrons. The van der Waals surface area contributed by atoms with Gasteiger partial charge in [0.1, 0.15) is 24.7 Å². The Kier molecular flexibility index (Phi) is 6.03.